The van der Waals surface area contributed by atoms with Crippen molar-refractivity contribution in [3.63, 3.8) is 0 Å². The molecule has 1 rings (SSSR count). The van der Waals surface area contributed by atoms with Gasteiger partial charge in [0.15, 0.2) is 0 Å². The Morgan fingerprint density at radius 3 is 2.56 bits per heavy atom. The number of anilines is 2. The number of primary amides is 1. The number of aromatic carboxylic acids is 1. The maximum Gasteiger partial charge on any atom is 0.337 e. The number of benzene rings is 1. The van der Waals surface area contributed by atoms with Gasteiger partial charge in [0.1, 0.15) is 6.04 Å². The number of hydrogen-bond donors (Lipinski definition) is 4. The molecule has 1 aromatic rings. The van der Waals surface area contributed by atoms with Crippen molar-refractivity contribution in [1.82, 2.24) is 0 Å². The normalized spacial score (nSPS) is 11.8. The third kappa shape index (κ3) is 2.63. The first-order chi connectivity index (χ1) is 7.41. The molecule has 6 N–H and O–H groups in total. The molecule has 0 radical (unpaired) electrons. The van der Waals surface area contributed by atoms with E-state index < -0.39 is 17.9 Å². The number of rotatable bonds is 4. The largest absolute Gasteiger partial charge is 0.478 e. The highest BCUT2D eigenvalue weighted by molar-refractivity contribution is 5.95. The van der Waals surface area contributed by atoms with Gasteiger partial charge in [-0.05, 0) is 25.1 Å². The van der Waals surface area contributed by atoms with Crippen molar-refractivity contribution >= 4 is 23.3 Å². The molecule has 0 saturated heterocycles. The van der Waals surface area contributed by atoms with Gasteiger partial charge in [0.2, 0.25) is 5.91 Å². The lowest BCUT2D eigenvalue weighted by atomic mass is 10.1. The first kappa shape index (κ1) is 11.8. The second-order valence-corrected chi connectivity index (χ2v) is 3.38. The molecule has 0 aliphatic heterocycles. The summed E-state index contributed by atoms with van der Waals surface area (Å²) >= 11 is 0. The fraction of sp³-hybridized carbons (Fsp3) is 0.200. The van der Waals surface area contributed by atoms with E-state index in [2.05, 4.69) is 5.32 Å². The summed E-state index contributed by atoms with van der Waals surface area (Å²) in [6.45, 7) is 1.58. The smallest absolute Gasteiger partial charge is 0.337 e. The molecule has 0 aromatic heterocycles. The van der Waals surface area contributed by atoms with Crippen LogP contribution in [0.3, 0.4) is 0 Å². The van der Waals surface area contributed by atoms with Gasteiger partial charge in [0.05, 0.1) is 5.56 Å². The Morgan fingerprint density at radius 1 is 1.44 bits per heavy atom. The van der Waals surface area contributed by atoms with E-state index in [9.17, 15) is 9.59 Å². The maximum absolute atomic E-state index is 10.8. The number of carboxylic acid groups (broad SMARTS) is 1. The number of amides is 1. The maximum atomic E-state index is 10.8. The number of nitrogen functional groups attached to an aromatic ring is 1. The summed E-state index contributed by atoms with van der Waals surface area (Å²) in [5.41, 5.74) is 11.2. The number of carbonyl (C=O) groups is 2. The fourth-order valence-corrected chi connectivity index (χ4v) is 1.15. The number of nitrogens with one attached hydrogen (secondary N) is 1. The molecule has 0 spiro atoms. The molecule has 1 atom stereocenters. The minimum Gasteiger partial charge on any atom is -0.478 e. The van der Waals surface area contributed by atoms with E-state index in [1.54, 1.807) is 13.0 Å². The third-order valence-corrected chi connectivity index (χ3v) is 2.09. The second-order valence-electron chi connectivity index (χ2n) is 3.38. The molecule has 6 nitrogen and oxygen atoms in total. The highest BCUT2D eigenvalue weighted by Crippen LogP contribution is 2.18. The first-order valence-electron chi connectivity index (χ1n) is 4.60. The molecule has 1 amide bonds. The molecule has 0 heterocycles. The minimum atomic E-state index is -1.12. The summed E-state index contributed by atoms with van der Waals surface area (Å²) in [6, 6.07) is 3.82. The summed E-state index contributed by atoms with van der Waals surface area (Å²) in [6.07, 6.45) is 0. The minimum absolute atomic E-state index is 0.0123. The van der Waals surface area contributed by atoms with E-state index in [0.717, 1.165) is 0 Å². The van der Waals surface area contributed by atoms with Gasteiger partial charge in [-0.15, -0.1) is 0 Å². The van der Waals surface area contributed by atoms with Crippen molar-refractivity contribution in [2.45, 2.75) is 13.0 Å². The van der Waals surface area contributed by atoms with Crippen LogP contribution in [0.4, 0.5) is 11.4 Å². The third-order valence-electron chi connectivity index (χ3n) is 2.09. The van der Waals surface area contributed by atoms with Crippen LogP contribution in [0, 0.1) is 0 Å². The quantitative estimate of drug-likeness (QED) is 0.546. The molecule has 1 unspecified atom stereocenters. The predicted molar refractivity (Wildman–Crippen MR) is 60.1 cm³/mol. The van der Waals surface area contributed by atoms with Crippen molar-refractivity contribution in [1.29, 1.82) is 0 Å². The van der Waals surface area contributed by atoms with Gasteiger partial charge in [0.25, 0.3) is 0 Å². The van der Waals surface area contributed by atoms with Crippen molar-refractivity contribution in [2.24, 2.45) is 5.73 Å². The molecule has 0 aliphatic rings. The van der Waals surface area contributed by atoms with Crippen LogP contribution in [0.2, 0.25) is 0 Å². The van der Waals surface area contributed by atoms with Crippen molar-refractivity contribution in [2.75, 3.05) is 11.1 Å². The van der Waals surface area contributed by atoms with Gasteiger partial charge >= 0.3 is 5.97 Å². The SMILES string of the molecule is CC(Nc1ccc(N)c(C(=O)O)c1)C(N)=O. The lowest BCUT2D eigenvalue weighted by Crippen LogP contribution is -2.32. The Morgan fingerprint density at radius 2 is 2.06 bits per heavy atom. The Hall–Kier alpha value is -2.24. The van der Waals surface area contributed by atoms with Crippen LogP contribution in [0.5, 0.6) is 0 Å². The number of carboxylic acids is 1. The monoisotopic (exact) mass is 223 g/mol. The number of carbonyl (C=O) groups excluding carboxylic acids is 1. The lowest BCUT2D eigenvalue weighted by Gasteiger charge is -2.12. The number of hydrogen-bond acceptors (Lipinski definition) is 4. The average Bonchev–Trinajstić information content (AvgIpc) is 2.20. The summed E-state index contributed by atoms with van der Waals surface area (Å²) < 4.78 is 0. The van der Waals surface area contributed by atoms with Gasteiger partial charge in [-0.25, -0.2) is 4.79 Å². The van der Waals surface area contributed by atoms with Gasteiger partial charge in [-0.3, -0.25) is 4.79 Å². The molecule has 0 fully saturated rings. The summed E-state index contributed by atoms with van der Waals surface area (Å²) in [5.74, 6) is -1.64. The Labute approximate surface area is 92.2 Å². The summed E-state index contributed by atoms with van der Waals surface area (Å²) in [5, 5.41) is 11.6. The van der Waals surface area contributed by atoms with Crippen LogP contribution in [-0.4, -0.2) is 23.0 Å². The van der Waals surface area contributed by atoms with E-state index >= 15 is 0 Å². The predicted octanol–water partition coefficient (Wildman–Crippen LogP) is 0.253. The van der Waals surface area contributed by atoms with Crippen molar-refractivity contribution in [3.8, 4) is 0 Å². The summed E-state index contributed by atoms with van der Waals surface area (Å²) in [7, 11) is 0. The molecule has 1 aromatic carbocycles. The average molecular weight is 223 g/mol. The van der Waals surface area contributed by atoms with Crippen molar-refractivity contribution < 1.29 is 14.7 Å². The number of nitrogens with two attached hydrogens (primary N) is 2. The molecule has 0 aliphatic carbocycles. The Balaban J connectivity index is 2.95. The van der Waals surface area contributed by atoms with Gasteiger partial charge in [-0.1, -0.05) is 0 Å². The lowest BCUT2D eigenvalue weighted by molar-refractivity contribution is -0.118. The van der Waals surface area contributed by atoms with E-state index in [0.29, 0.717) is 5.69 Å². The molecule has 0 bridgehead atoms. The van der Waals surface area contributed by atoms with Gasteiger partial charge in [-0.2, -0.15) is 0 Å². The van der Waals surface area contributed by atoms with E-state index in [1.165, 1.54) is 12.1 Å². The van der Waals surface area contributed by atoms with E-state index in [1.807, 2.05) is 0 Å². The molecule has 86 valence electrons. The summed E-state index contributed by atoms with van der Waals surface area (Å²) in [4.78, 5) is 21.6. The van der Waals surface area contributed by atoms with Gasteiger partial charge in [0, 0.05) is 11.4 Å². The fourth-order valence-electron chi connectivity index (χ4n) is 1.15. The van der Waals surface area contributed by atoms with Crippen molar-refractivity contribution in [3.05, 3.63) is 23.8 Å². The highest BCUT2D eigenvalue weighted by atomic mass is 16.4. The van der Waals surface area contributed by atoms with Crippen LogP contribution in [0.25, 0.3) is 0 Å². The zero-order chi connectivity index (χ0) is 12.3. The molecule has 16 heavy (non-hydrogen) atoms. The molecule has 0 saturated carbocycles. The zero-order valence-corrected chi connectivity index (χ0v) is 8.73. The Kier molecular flexibility index (Phi) is 3.34. The second kappa shape index (κ2) is 4.52. The van der Waals surface area contributed by atoms with Crippen LogP contribution < -0.4 is 16.8 Å². The standard InChI is InChI=1S/C10H13N3O3/c1-5(9(12)14)13-6-2-3-8(11)7(4-6)10(15)16/h2-5,13H,11H2,1H3,(H2,12,14)(H,15,16). The zero-order valence-electron chi connectivity index (χ0n) is 8.73. The van der Waals surface area contributed by atoms with Gasteiger partial charge < -0.3 is 21.9 Å². The first-order valence-corrected chi connectivity index (χ1v) is 4.60. The van der Waals surface area contributed by atoms with Crippen LogP contribution >= 0.6 is 0 Å². The Bertz CT molecular complexity index is 431. The molecular formula is C10H13N3O3. The molecular weight excluding hydrogens is 210 g/mol. The van der Waals surface area contributed by atoms with E-state index in [4.69, 9.17) is 16.6 Å². The topological polar surface area (TPSA) is 118 Å². The molecule has 6 heteroatoms. The van der Waals surface area contributed by atoms with Crippen LogP contribution in [0.1, 0.15) is 17.3 Å². The van der Waals surface area contributed by atoms with E-state index in [-0.39, 0.29) is 11.3 Å². The highest BCUT2D eigenvalue weighted by Gasteiger charge is 2.11. The van der Waals surface area contributed by atoms with Crippen LogP contribution in [0.15, 0.2) is 18.2 Å². The van der Waals surface area contributed by atoms with Crippen LogP contribution in [-0.2, 0) is 4.79 Å².